The number of nitrogens with one attached hydrogen (secondary N) is 1. The highest BCUT2D eigenvalue weighted by atomic mass is 16.5. The van der Waals surface area contributed by atoms with Crippen LogP contribution >= 0.6 is 0 Å². The predicted octanol–water partition coefficient (Wildman–Crippen LogP) is 3.80. The van der Waals surface area contributed by atoms with Gasteiger partial charge in [-0.3, -0.25) is 14.4 Å². The van der Waals surface area contributed by atoms with Gasteiger partial charge in [-0.25, -0.2) is 0 Å². The van der Waals surface area contributed by atoms with Crippen LogP contribution < -0.4 is 14.8 Å². The number of hydrogen-bond donors (Lipinski definition) is 1. The van der Waals surface area contributed by atoms with E-state index in [9.17, 15) is 14.4 Å². The van der Waals surface area contributed by atoms with Crippen molar-refractivity contribution in [3.05, 3.63) is 95.1 Å². The third kappa shape index (κ3) is 7.31. The molecule has 0 aliphatic heterocycles. The van der Waals surface area contributed by atoms with Crippen molar-refractivity contribution < 1.29 is 23.9 Å². The Morgan fingerprint density at radius 3 is 1.97 bits per heavy atom. The second-order valence-corrected chi connectivity index (χ2v) is 8.07. The van der Waals surface area contributed by atoms with E-state index in [2.05, 4.69) is 11.2 Å². The lowest BCUT2D eigenvalue weighted by molar-refractivity contribution is -0.137. The molecule has 3 aromatic rings. The monoisotopic (exact) mass is 469 g/mol. The highest BCUT2D eigenvalue weighted by Crippen LogP contribution is 2.17. The van der Waals surface area contributed by atoms with Crippen molar-refractivity contribution in [3.63, 3.8) is 0 Å². The van der Waals surface area contributed by atoms with Crippen LogP contribution in [0.1, 0.15) is 34.0 Å². The average molecular weight is 470 g/mol. The number of ether oxygens (including phenoxy) is 2. The van der Waals surface area contributed by atoms with Gasteiger partial charge in [-0.15, -0.1) is 6.42 Å². The standard InChI is InChI=1S/C29H27NO5/c1-4-17-35-26-15-11-24(12-16-26)28(32)23-9-5-22(6-10-23)19-27(31)29(33)30-20(2)18-21-7-13-25(34-3)14-8-21/h1,5-16,20H,17-19H2,2-3H3,(H,30,33). The molecule has 3 rings (SSSR count). The Balaban J connectivity index is 1.52. The first-order valence-electron chi connectivity index (χ1n) is 11.2. The summed E-state index contributed by atoms with van der Waals surface area (Å²) in [7, 11) is 1.60. The predicted molar refractivity (Wildman–Crippen MR) is 134 cm³/mol. The van der Waals surface area contributed by atoms with Crippen LogP contribution in [0.15, 0.2) is 72.8 Å². The van der Waals surface area contributed by atoms with E-state index in [1.165, 1.54) is 0 Å². The van der Waals surface area contributed by atoms with E-state index in [-0.39, 0.29) is 24.9 Å². The molecule has 0 aliphatic carbocycles. The Kier molecular flexibility index (Phi) is 8.80. The maximum Gasteiger partial charge on any atom is 0.287 e. The first-order valence-corrected chi connectivity index (χ1v) is 11.2. The summed E-state index contributed by atoms with van der Waals surface area (Å²) in [5, 5.41) is 2.75. The Morgan fingerprint density at radius 1 is 0.857 bits per heavy atom. The van der Waals surface area contributed by atoms with Gasteiger partial charge in [-0.05, 0) is 60.9 Å². The summed E-state index contributed by atoms with van der Waals surface area (Å²) in [6.45, 7) is 2.01. The van der Waals surface area contributed by atoms with Gasteiger partial charge < -0.3 is 14.8 Å². The van der Waals surface area contributed by atoms with E-state index >= 15 is 0 Å². The molecule has 0 spiro atoms. The summed E-state index contributed by atoms with van der Waals surface area (Å²) in [6, 6.07) is 20.7. The van der Waals surface area contributed by atoms with Crippen molar-refractivity contribution >= 4 is 17.5 Å². The number of carbonyl (C=O) groups is 3. The Hall–Kier alpha value is -4.37. The summed E-state index contributed by atoms with van der Waals surface area (Å²) in [6.07, 6.45) is 5.72. The van der Waals surface area contributed by atoms with Gasteiger partial charge in [-0.1, -0.05) is 42.3 Å². The molecule has 0 radical (unpaired) electrons. The van der Waals surface area contributed by atoms with Crippen molar-refractivity contribution in [3.8, 4) is 23.8 Å². The fourth-order valence-corrected chi connectivity index (χ4v) is 3.50. The lowest BCUT2D eigenvalue weighted by atomic mass is 10.00. The van der Waals surface area contributed by atoms with Crippen LogP contribution in [0.2, 0.25) is 0 Å². The summed E-state index contributed by atoms with van der Waals surface area (Å²) in [5.41, 5.74) is 2.67. The van der Waals surface area contributed by atoms with Crippen molar-refractivity contribution in [2.45, 2.75) is 25.8 Å². The first kappa shape index (κ1) is 25.3. The topological polar surface area (TPSA) is 81.7 Å². The Labute approximate surface area is 205 Å². The second-order valence-electron chi connectivity index (χ2n) is 8.07. The molecule has 0 fully saturated rings. The van der Waals surface area contributed by atoms with Crippen LogP contribution in [0, 0.1) is 12.3 Å². The van der Waals surface area contributed by atoms with E-state index < -0.39 is 11.7 Å². The molecule has 35 heavy (non-hydrogen) atoms. The molecule has 1 amide bonds. The first-order chi connectivity index (χ1) is 16.9. The van der Waals surface area contributed by atoms with Crippen LogP contribution in [-0.2, 0) is 22.4 Å². The quantitative estimate of drug-likeness (QED) is 0.263. The normalized spacial score (nSPS) is 11.1. The molecule has 0 bridgehead atoms. The van der Waals surface area contributed by atoms with Gasteiger partial charge in [0.25, 0.3) is 5.91 Å². The van der Waals surface area contributed by atoms with Gasteiger partial charge in [0.2, 0.25) is 5.78 Å². The summed E-state index contributed by atoms with van der Waals surface area (Å²) >= 11 is 0. The van der Waals surface area contributed by atoms with Crippen molar-refractivity contribution in [2.24, 2.45) is 0 Å². The zero-order chi connectivity index (χ0) is 25.2. The molecule has 0 aromatic heterocycles. The van der Waals surface area contributed by atoms with Gasteiger partial charge in [0.05, 0.1) is 7.11 Å². The van der Waals surface area contributed by atoms with Crippen molar-refractivity contribution in [1.82, 2.24) is 5.32 Å². The van der Waals surface area contributed by atoms with Crippen LogP contribution in [0.4, 0.5) is 0 Å². The molecule has 0 saturated carbocycles. The lowest BCUT2D eigenvalue weighted by Crippen LogP contribution is -2.39. The number of methoxy groups -OCH3 is 1. The van der Waals surface area contributed by atoms with E-state index in [1.807, 2.05) is 31.2 Å². The number of benzene rings is 3. The maximum atomic E-state index is 12.7. The third-order valence-electron chi connectivity index (χ3n) is 5.35. The Bertz CT molecular complexity index is 1210. The molecule has 3 aromatic carbocycles. The molecule has 1 unspecified atom stereocenters. The second kappa shape index (κ2) is 12.2. The molecule has 1 atom stereocenters. The van der Waals surface area contributed by atoms with Gasteiger partial charge in [-0.2, -0.15) is 0 Å². The number of rotatable bonds is 11. The van der Waals surface area contributed by atoms with E-state index in [4.69, 9.17) is 15.9 Å². The van der Waals surface area contributed by atoms with Crippen LogP contribution in [-0.4, -0.2) is 37.2 Å². The molecule has 0 heterocycles. The fourth-order valence-electron chi connectivity index (χ4n) is 3.50. The van der Waals surface area contributed by atoms with Gasteiger partial charge in [0.1, 0.15) is 18.1 Å². The Morgan fingerprint density at radius 2 is 1.40 bits per heavy atom. The van der Waals surface area contributed by atoms with Gasteiger partial charge in [0, 0.05) is 23.6 Å². The van der Waals surface area contributed by atoms with Crippen LogP contribution in [0.25, 0.3) is 0 Å². The minimum atomic E-state index is -0.627. The largest absolute Gasteiger partial charge is 0.497 e. The van der Waals surface area contributed by atoms with E-state index in [1.54, 1.807) is 55.6 Å². The molecule has 178 valence electrons. The molecular weight excluding hydrogens is 442 g/mol. The summed E-state index contributed by atoms with van der Waals surface area (Å²) < 4.78 is 10.5. The SMILES string of the molecule is C#CCOc1ccc(C(=O)c2ccc(CC(=O)C(=O)NC(C)Cc3ccc(OC)cc3)cc2)cc1. The third-order valence-corrected chi connectivity index (χ3v) is 5.35. The molecule has 6 nitrogen and oxygen atoms in total. The molecular formula is C29H27NO5. The summed E-state index contributed by atoms with van der Waals surface area (Å²) in [5.74, 6) is 2.42. The van der Waals surface area contributed by atoms with Crippen LogP contribution in [0.3, 0.4) is 0 Å². The van der Waals surface area contributed by atoms with Gasteiger partial charge >= 0.3 is 0 Å². The number of hydrogen-bond acceptors (Lipinski definition) is 5. The van der Waals surface area contributed by atoms with Crippen LogP contribution in [0.5, 0.6) is 11.5 Å². The molecule has 1 N–H and O–H groups in total. The minimum absolute atomic E-state index is 0.0449. The minimum Gasteiger partial charge on any atom is -0.497 e. The highest BCUT2D eigenvalue weighted by Gasteiger charge is 2.17. The highest BCUT2D eigenvalue weighted by molar-refractivity contribution is 6.36. The zero-order valence-electron chi connectivity index (χ0n) is 19.7. The van der Waals surface area contributed by atoms with Gasteiger partial charge in [0.15, 0.2) is 5.78 Å². The van der Waals surface area contributed by atoms with E-state index in [0.29, 0.717) is 28.9 Å². The zero-order valence-corrected chi connectivity index (χ0v) is 19.7. The average Bonchev–Trinajstić information content (AvgIpc) is 2.88. The number of ketones is 2. The number of amides is 1. The van der Waals surface area contributed by atoms with Crippen molar-refractivity contribution in [1.29, 1.82) is 0 Å². The van der Waals surface area contributed by atoms with E-state index in [0.717, 1.165) is 11.3 Å². The lowest BCUT2D eigenvalue weighted by Gasteiger charge is -2.14. The smallest absolute Gasteiger partial charge is 0.287 e. The maximum absolute atomic E-state index is 12.7. The molecule has 6 heteroatoms. The summed E-state index contributed by atoms with van der Waals surface area (Å²) in [4.78, 5) is 37.5. The molecule has 0 aliphatic rings. The number of carbonyl (C=O) groups excluding carboxylic acids is 3. The fraction of sp³-hybridized carbons (Fsp3) is 0.207. The molecule has 0 saturated heterocycles. The number of Topliss-reactive ketones (excluding diaryl/α,β-unsaturated/α-hetero) is 1. The van der Waals surface area contributed by atoms with Crippen molar-refractivity contribution in [2.75, 3.05) is 13.7 Å². The number of terminal acetylenes is 1.